The Labute approximate surface area is 244 Å². The topological polar surface area (TPSA) is 123 Å². The van der Waals surface area contributed by atoms with Crippen LogP contribution in [0.4, 0.5) is 28.8 Å². The molecule has 1 fully saturated rings. The molecule has 214 valence electrons. The summed E-state index contributed by atoms with van der Waals surface area (Å²) in [7, 11) is 5.14. The third kappa shape index (κ3) is 7.66. The molecule has 0 bridgehead atoms. The normalized spacial score (nSPS) is 13.8. The Balaban J connectivity index is 1.56. The second-order valence-corrected chi connectivity index (χ2v) is 10.3. The number of hydrogen-bond acceptors (Lipinski definition) is 9. The van der Waals surface area contributed by atoms with Crippen molar-refractivity contribution < 1.29 is 14.4 Å². The molecule has 3 N–H and O–H groups in total. The molecule has 0 saturated carbocycles. The van der Waals surface area contributed by atoms with Gasteiger partial charge in [-0.3, -0.25) is 19.3 Å². The fraction of sp³-hybridized carbons (Fsp3) is 0.276. The van der Waals surface area contributed by atoms with E-state index >= 15 is 0 Å². The molecule has 0 aliphatic carbocycles. The molecule has 1 saturated heterocycles. The van der Waals surface area contributed by atoms with E-state index in [9.17, 15) is 14.4 Å². The number of rotatable bonds is 10. The first kappa shape index (κ1) is 29.7. The Kier molecular flexibility index (Phi) is 9.66. The highest BCUT2D eigenvalue weighted by atomic mass is 35.5. The quantitative estimate of drug-likeness (QED) is 0.188. The molecular weight excluding hydrogens is 544 g/mol. The van der Waals surface area contributed by atoms with Crippen LogP contribution in [-0.2, 0) is 16.1 Å². The molecule has 1 aliphatic heterocycles. The fourth-order valence-corrected chi connectivity index (χ4v) is 4.36. The number of hydrogen-bond donors (Lipinski definition) is 3. The summed E-state index contributed by atoms with van der Waals surface area (Å²) in [6.45, 7) is 8.12. The number of amides is 2. The highest BCUT2D eigenvalue weighted by Crippen LogP contribution is 2.29. The first-order valence-electron chi connectivity index (χ1n) is 13.0. The van der Waals surface area contributed by atoms with Gasteiger partial charge in [0.05, 0.1) is 17.4 Å². The van der Waals surface area contributed by atoms with Crippen LogP contribution >= 0.6 is 11.6 Å². The zero-order valence-electron chi connectivity index (χ0n) is 23.3. The number of piperazine rings is 1. The van der Waals surface area contributed by atoms with Crippen LogP contribution in [0.1, 0.15) is 15.9 Å². The fourth-order valence-electron chi connectivity index (χ4n) is 4.22. The van der Waals surface area contributed by atoms with E-state index in [-0.39, 0.29) is 28.3 Å². The number of benzene rings is 2. The lowest BCUT2D eigenvalue weighted by Crippen LogP contribution is -2.43. The van der Waals surface area contributed by atoms with Crippen molar-refractivity contribution in [3.8, 4) is 0 Å². The third-order valence-electron chi connectivity index (χ3n) is 6.57. The van der Waals surface area contributed by atoms with Crippen LogP contribution in [0.2, 0.25) is 5.02 Å². The van der Waals surface area contributed by atoms with Gasteiger partial charge in [0.25, 0.3) is 11.7 Å². The molecule has 11 nitrogen and oxygen atoms in total. The molecule has 12 heteroatoms. The zero-order chi connectivity index (χ0) is 29.5. The first-order valence-corrected chi connectivity index (χ1v) is 13.4. The number of Topliss-reactive ketones (excluding diaryl/α,β-unsaturated/α-hetero) is 1. The summed E-state index contributed by atoms with van der Waals surface area (Å²) in [6, 6.07) is 12.3. The van der Waals surface area contributed by atoms with Gasteiger partial charge in [-0.25, -0.2) is 4.98 Å². The van der Waals surface area contributed by atoms with Gasteiger partial charge < -0.3 is 25.8 Å². The van der Waals surface area contributed by atoms with Crippen LogP contribution in [0.25, 0.3) is 0 Å². The number of carbonyl (C=O) groups excluding carboxylic acids is 3. The number of para-hydroxylation sites is 1. The molecule has 0 spiro atoms. The minimum Gasteiger partial charge on any atom is -0.342 e. The van der Waals surface area contributed by atoms with E-state index in [1.807, 2.05) is 18.2 Å². The lowest BCUT2D eigenvalue weighted by atomic mass is 10.1. The van der Waals surface area contributed by atoms with E-state index < -0.39 is 11.7 Å². The summed E-state index contributed by atoms with van der Waals surface area (Å²) in [5.41, 5.74) is 2.84. The van der Waals surface area contributed by atoms with Gasteiger partial charge in [-0.05, 0) is 43.0 Å². The predicted octanol–water partition coefficient (Wildman–Crippen LogP) is 3.76. The Hall–Kier alpha value is -4.32. The van der Waals surface area contributed by atoms with Gasteiger partial charge >= 0.3 is 0 Å². The minimum atomic E-state index is -0.660. The summed E-state index contributed by atoms with van der Waals surface area (Å²) in [6.07, 6.45) is 2.66. The lowest BCUT2D eigenvalue weighted by Gasteiger charge is -2.32. The van der Waals surface area contributed by atoms with Crippen LogP contribution in [0.3, 0.4) is 0 Å². The minimum absolute atomic E-state index is 0.189. The van der Waals surface area contributed by atoms with E-state index in [0.717, 1.165) is 31.7 Å². The van der Waals surface area contributed by atoms with Crippen molar-refractivity contribution in [3.05, 3.63) is 77.5 Å². The number of ketones is 1. The maximum atomic E-state index is 12.7. The van der Waals surface area contributed by atoms with Gasteiger partial charge in [-0.15, -0.1) is 0 Å². The van der Waals surface area contributed by atoms with Gasteiger partial charge in [0.2, 0.25) is 11.9 Å². The average molecular weight is 577 g/mol. The van der Waals surface area contributed by atoms with Crippen molar-refractivity contribution >= 4 is 58.0 Å². The van der Waals surface area contributed by atoms with Gasteiger partial charge in [0.15, 0.2) is 5.82 Å². The van der Waals surface area contributed by atoms with Crippen molar-refractivity contribution in [1.82, 2.24) is 24.7 Å². The maximum absolute atomic E-state index is 12.7. The molecular formula is C29H33ClN8O3. The molecule has 0 atom stereocenters. The predicted molar refractivity (Wildman–Crippen MR) is 161 cm³/mol. The molecule has 0 unspecified atom stereocenters. The zero-order valence-corrected chi connectivity index (χ0v) is 24.0. The Morgan fingerprint density at radius 1 is 1.05 bits per heavy atom. The summed E-state index contributed by atoms with van der Waals surface area (Å²) in [5, 5.41) is 9.32. The summed E-state index contributed by atoms with van der Waals surface area (Å²) in [5.74, 6) is -1.14. The van der Waals surface area contributed by atoms with Crippen molar-refractivity contribution in [2.45, 2.75) is 6.54 Å². The van der Waals surface area contributed by atoms with E-state index in [1.54, 1.807) is 24.3 Å². The monoisotopic (exact) mass is 576 g/mol. The number of halogens is 1. The van der Waals surface area contributed by atoms with Crippen LogP contribution in [-0.4, -0.2) is 89.6 Å². The highest BCUT2D eigenvalue weighted by molar-refractivity contribution is 6.43. The molecule has 2 heterocycles. The van der Waals surface area contributed by atoms with E-state index in [1.165, 1.54) is 31.3 Å². The van der Waals surface area contributed by atoms with Gasteiger partial charge in [-0.2, -0.15) is 4.98 Å². The Morgan fingerprint density at radius 3 is 2.49 bits per heavy atom. The molecule has 0 radical (unpaired) electrons. The third-order valence-corrected chi connectivity index (χ3v) is 6.85. The van der Waals surface area contributed by atoms with Crippen LogP contribution in [0.5, 0.6) is 0 Å². The van der Waals surface area contributed by atoms with Crippen molar-refractivity contribution in [2.24, 2.45) is 0 Å². The Bertz CT molecular complexity index is 1450. The summed E-state index contributed by atoms with van der Waals surface area (Å²) < 4.78 is 0. The molecule has 4 rings (SSSR count). The van der Waals surface area contributed by atoms with Gasteiger partial charge in [0, 0.05) is 58.2 Å². The maximum Gasteiger partial charge on any atom is 0.294 e. The molecule has 3 aromatic rings. The summed E-state index contributed by atoms with van der Waals surface area (Å²) >= 11 is 6.37. The molecule has 2 amide bonds. The van der Waals surface area contributed by atoms with E-state index in [0.29, 0.717) is 23.6 Å². The number of nitrogens with one attached hydrogen (secondary N) is 3. The largest absolute Gasteiger partial charge is 0.342 e. The second kappa shape index (κ2) is 13.4. The number of anilines is 5. The van der Waals surface area contributed by atoms with E-state index in [2.05, 4.69) is 49.3 Å². The molecule has 2 aromatic carbocycles. The van der Waals surface area contributed by atoms with E-state index in [4.69, 9.17) is 11.6 Å². The molecule has 41 heavy (non-hydrogen) atoms. The summed E-state index contributed by atoms with van der Waals surface area (Å²) in [4.78, 5) is 51.8. The number of likely N-dealkylation sites (N-methyl/N-ethyl adjacent to an activating group) is 2. The lowest BCUT2D eigenvalue weighted by molar-refractivity contribution is -0.124. The second-order valence-electron chi connectivity index (χ2n) is 9.86. The molecule has 1 aliphatic rings. The SMILES string of the molecule is C=CC(=O)Nc1cc(Nc2ncc(Cl)c(Nc3ccccc3C(=O)C(=O)N(C)C)n2)ccc1CN1CCN(C)CC1. The standard InChI is InChI=1S/C29H33ClN8O3/c1-5-25(39)33-24-16-20(11-10-19(24)18-38-14-12-37(4)13-15-38)32-29-31-17-22(30)27(35-29)34-23-9-7-6-8-21(23)26(40)28(41)36(2)3/h5-11,16-17H,1,12-15,18H2,2-4H3,(H,33,39)(H2,31,32,34,35). The van der Waals surface area contributed by atoms with Crippen LogP contribution < -0.4 is 16.0 Å². The number of carbonyl (C=O) groups is 3. The van der Waals surface area contributed by atoms with Gasteiger partial charge in [0.1, 0.15) is 5.02 Å². The van der Waals surface area contributed by atoms with Crippen LogP contribution in [0, 0.1) is 0 Å². The first-order chi connectivity index (χ1) is 19.6. The highest BCUT2D eigenvalue weighted by Gasteiger charge is 2.22. The molecule has 1 aromatic heterocycles. The van der Waals surface area contributed by atoms with Crippen molar-refractivity contribution in [3.63, 3.8) is 0 Å². The van der Waals surface area contributed by atoms with Crippen molar-refractivity contribution in [2.75, 3.05) is 63.3 Å². The average Bonchev–Trinajstić information content (AvgIpc) is 2.96. The number of aromatic nitrogens is 2. The van der Waals surface area contributed by atoms with Crippen molar-refractivity contribution in [1.29, 1.82) is 0 Å². The van der Waals surface area contributed by atoms with Gasteiger partial charge in [-0.1, -0.05) is 36.4 Å². The number of nitrogens with zero attached hydrogens (tertiary/aromatic N) is 5. The Morgan fingerprint density at radius 2 is 1.78 bits per heavy atom. The van der Waals surface area contributed by atoms with Crippen LogP contribution in [0.15, 0.2) is 61.3 Å². The smallest absolute Gasteiger partial charge is 0.294 e.